The quantitative estimate of drug-likeness (QED) is 0.438. The van der Waals surface area contributed by atoms with Gasteiger partial charge in [-0.25, -0.2) is 9.37 Å². The van der Waals surface area contributed by atoms with Crippen LogP contribution in [0.25, 0.3) is 15.5 Å². The Labute approximate surface area is 198 Å². The third kappa shape index (κ3) is 4.42. The molecule has 0 unspecified atom stereocenters. The van der Waals surface area contributed by atoms with E-state index in [-0.39, 0.29) is 17.0 Å². The maximum atomic E-state index is 14.0. The molecule has 5 rings (SSSR count). The minimum Gasteiger partial charge on any atom is -0.497 e. The first-order valence-electron chi connectivity index (χ1n) is 10.8. The summed E-state index contributed by atoms with van der Waals surface area (Å²) in [5, 5.41) is 5.11. The van der Waals surface area contributed by atoms with Crippen molar-refractivity contribution in [2.24, 2.45) is 0 Å². The van der Waals surface area contributed by atoms with Gasteiger partial charge >= 0.3 is 0 Å². The lowest BCUT2D eigenvalue weighted by Gasteiger charge is -2.34. The number of nitrogens with zero attached hydrogens (tertiary/aromatic N) is 5. The van der Waals surface area contributed by atoms with E-state index in [1.165, 1.54) is 34.1 Å². The maximum absolute atomic E-state index is 14.0. The second kappa shape index (κ2) is 9.32. The van der Waals surface area contributed by atoms with Gasteiger partial charge in [0.2, 0.25) is 4.96 Å². The molecule has 3 heterocycles. The molecular formula is C24H22FN5O3S. The number of aromatic nitrogens is 3. The van der Waals surface area contributed by atoms with Crippen molar-refractivity contribution in [3.05, 3.63) is 82.0 Å². The van der Waals surface area contributed by atoms with Crippen LogP contribution >= 0.6 is 11.3 Å². The molecule has 0 aliphatic carbocycles. The Morgan fingerprint density at radius 1 is 1.09 bits per heavy atom. The highest BCUT2D eigenvalue weighted by Gasteiger charge is 2.24. The fourth-order valence-corrected chi connectivity index (χ4v) is 4.87. The second-order valence-electron chi connectivity index (χ2n) is 7.97. The summed E-state index contributed by atoms with van der Waals surface area (Å²) < 4.78 is 20.6. The number of rotatable bonds is 5. The minimum absolute atomic E-state index is 0.0909. The fraction of sp³-hybridized carbons (Fsp3) is 0.250. The summed E-state index contributed by atoms with van der Waals surface area (Å²) in [5.74, 6) is -0.0959. The summed E-state index contributed by atoms with van der Waals surface area (Å²) in [7, 11) is 1.60. The van der Waals surface area contributed by atoms with E-state index in [0.717, 1.165) is 5.56 Å². The predicted molar refractivity (Wildman–Crippen MR) is 127 cm³/mol. The first-order chi connectivity index (χ1) is 16.5. The Balaban J connectivity index is 1.29. The molecule has 2 aromatic carbocycles. The highest BCUT2D eigenvalue weighted by Crippen LogP contribution is 2.27. The van der Waals surface area contributed by atoms with E-state index in [4.69, 9.17) is 4.74 Å². The lowest BCUT2D eigenvalue weighted by molar-refractivity contribution is 0.0622. The molecule has 1 aliphatic rings. The van der Waals surface area contributed by atoms with E-state index in [1.807, 2.05) is 24.3 Å². The van der Waals surface area contributed by atoms with E-state index >= 15 is 0 Å². The standard InChI is InChI=1S/C24H22FN5O3S/c1-33-18-6-4-5-16(13-18)22-27-30-21(31)14-17(26-24(30)34-22)15-28-9-11-29(12-10-28)23(32)19-7-2-3-8-20(19)25/h2-8,13-14H,9-12,15H2,1H3. The van der Waals surface area contributed by atoms with E-state index in [1.54, 1.807) is 24.1 Å². The molecule has 174 valence electrons. The SMILES string of the molecule is COc1cccc(-c2nn3c(=O)cc(CN4CCN(C(=O)c5ccccc5F)CC4)nc3s2)c1. The van der Waals surface area contributed by atoms with Gasteiger partial charge in [0.05, 0.1) is 18.4 Å². The summed E-state index contributed by atoms with van der Waals surface area (Å²) >= 11 is 1.34. The highest BCUT2D eigenvalue weighted by molar-refractivity contribution is 7.19. The molecule has 1 fully saturated rings. The molecule has 0 bridgehead atoms. The van der Waals surface area contributed by atoms with Crippen LogP contribution in [0, 0.1) is 5.82 Å². The lowest BCUT2D eigenvalue weighted by atomic mass is 10.1. The fourth-order valence-electron chi connectivity index (χ4n) is 3.95. The van der Waals surface area contributed by atoms with Crippen molar-refractivity contribution in [2.45, 2.75) is 6.54 Å². The second-order valence-corrected chi connectivity index (χ2v) is 8.92. The van der Waals surface area contributed by atoms with E-state index in [9.17, 15) is 14.0 Å². The van der Waals surface area contributed by atoms with Crippen molar-refractivity contribution < 1.29 is 13.9 Å². The summed E-state index contributed by atoms with van der Waals surface area (Å²) in [6.45, 7) is 2.67. The minimum atomic E-state index is -0.509. The average molecular weight is 480 g/mol. The molecule has 0 N–H and O–H groups in total. The third-order valence-corrected chi connectivity index (χ3v) is 6.72. The molecule has 1 aliphatic heterocycles. The molecule has 0 spiro atoms. The van der Waals surface area contributed by atoms with Crippen molar-refractivity contribution in [3.8, 4) is 16.3 Å². The zero-order chi connectivity index (χ0) is 23.7. The topological polar surface area (TPSA) is 80.0 Å². The zero-order valence-electron chi connectivity index (χ0n) is 18.5. The molecule has 8 nitrogen and oxygen atoms in total. The number of benzene rings is 2. The summed E-state index contributed by atoms with van der Waals surface area (Å²) in [6.07, 6.45) is 0. The Bertz CT molecular complexity index is 1410. The van der Waals surface area contributed by atoms with Gasteiger partial charge in [0.15, 0.2) is 0 Å². The van der Waals surface area contributed by atoms with E-state index < -0.39 is 5.82 Å². The smallest absolute Gasteiger partial charge is 0.275 e. The molecule has 1 amide bonds. The van der Waals surface area contributed by atoms with Crippen LogP contribution in [0.3, 0.4) is 0 Å². The number of carbonyl (C=O) groups is 1. The van der Waals surface area contributed by atoms with Gasteiger partial charge in [-0.15, -0.1) is 0 Å². The Hall–Kier alpha value is -3.63. The number of ether oxygens (including phenoxy) is 1. The summed E-state index contributed by atoms with van der Waals surface area (Å²) in [5.41, 5.74) is 1.36. The zero-order valence-corrected chi connectivity index (χ0v) is 19.3. The molecular weight excluding hydrogens is 457 g/mol. The van der Waals surface area contributed by atoms with Crippen molar-refractivity contribution in [1.29, 1.82) is 0 Å². The van der Waals surface area contributed by atoms with E-state index in [2.05, 4.69) is 15.0 Å². The van der Waals surface area contributed by atoms with Gasteiger partial charge in [0.1, 0.15) is 16.6 Å². The number of piperazine rings is 1. The number of hydrogen-bond acceptors (Lipinski definition) is 7. The highest BCUT2D eigenvalue weighted by atomic mass is 32.1. The molecule has 0 atom stereocenters. The number of amides is 1. The number of hydrogen-bond donors (Lipinski definition) is 0. The first kappa shape index (κ1) is 22.2. The van der Waals surface area contributed by atoms with Gasteiger partial charge in [-0.2, -0.15) is 9.61 Å². The Kier molecular flexibility index (Phi) is 6.08. The number of halogens is 1. The molecule has 0 saturated carbocycles. The van der Waals surface area contributed by atoms with Gasteiger partial charge in [0.25, 0.3) is 11.5 Å². The van der Waals surface area contributed by atoms with Crippen LogP contribution in [0.15, 0.2) is 59.4 Å². The van der Waals surface area contributed by atoms with Crippen LogP contribution in [0.1, 0.15) is 16.1 Å². The van der Waals surface area contributed by atoms with Crippen molar-refractivity contribution in [3.63, 3.8) is 0 Å². The molecule has 10 heteroatoms. The largest absolute Gasteiger partial charge is 0.497 e. The van der Waals surface area contributed by atoms with Crippen LogP contribution < -0.4 is 10.3 Å². The van der Waals surface area contributed by atoms with Crippen LogP contribution in [-0.2, 0) is 6.54 Å². The number of fused-ring (bicyclic) bond motifs is 1. The molecule has 4 aromatic rings. The summed E-state index contributed by atoms with van der Waals surface area (Å²) in [6, 6.07) is 15.0. The van der Waals surface area contributed by atoms with Crippen LogP contribution in [-0.4, -0.2) is 63.6 Å². The predicted octanol–water partition coefficient (Wildman–Crippen LogP) is 2.92. The van der Waals surface area contributed by atoms with Gasteiger partial charge in [-0.3, -0.25) is 14.5 Å². The molecule has 34 heavy (non-hydrogen) atoms. The summed E-state index contributed by atoms with van der Waals surface area (Å²) in [4.78, 5) is 34.3. The van der Waals surface area contributed by atoms with Gasteiger partial charge < -0.3 is 9.64 Å². The van der Waals surface area contributed by atoms with Crippen LogP contribution in [0.2, 0.25) is 0 Å². The number of carbonyl (C=O) groups excluding carboxylic acids is 1. The van der Waals surface area contributed by atoms with Crippen LogP contribution in [0.5, 0.6) is 5.75 Å². The van der Waals surface area contributed by atoms with E-state index in [0.29, 0.717) is 54.1 Å². The average Bonchev–Trinajstić information content (AvgIpc) is 3.29. The molecule has 2 aromatic heterocycles. The van der Waals surface area contributed by atoms with Gasteiger partial charge in [-0.05, 0) is 24.3 Å². The van der Waals surface area contributed by atoms with Gasteiger partial charge in [-0.1, -0.05) is 35.6 Å². The maximum Gasteiger partial charge on any atom is 0.275 e. The first-order valence-corrected chi connectivity index (χ1v) is 11.6. The monoisotopic (exact) mass is 479 g/mol. The lowest BCUT2D eigenvalue weighted by Crippen LogP contribution is -2.48. The normalized spacial score (nSPS) is 14.5. The van der Waals surface area contributed by atoms with Crippen molar-refractivity contribution >= 4 is 22.2 Å². The van der Waals surface area contributed by atoms with Crippen LogP contribution in [0.4, 0.5) is 4.39 Å². The Morgan fingerprint density at radius 3 is 2.65 bits per heavy atom. The molecule has 1 saturated heterocycles. The Morgan fingerprint density at radius 2 is 1.88 bits per heavy atom. The van der Waals surface area contributed by atoms with Crippen molar-refractivity contribution in [1.82, 2.24) is 24.4 Å². The third-order valence-electron chi connectivity index (χ3n) is 5.76. The molecule has 0 radical (unpaired) electrons. The van der Waals surface area contributed by atoms with Gasteiger partial charge in [0, 0.05) is 44.4 Å². The van der Waals surface area contributed by atoms with Crippen molar-refractivity contribution in [2.75, 3.05) is 33.3 Å². The number of methoxy groups -OCH3 is 1.